The van der Waals surface area contributed by atoms with E-state index in [0.29, 0.717) is 37.9 Å². The fraction of sp³-hybridized carbons (Fsp3) is 0.536. The van der Waals surface area contributed by atoms with Gasteiger partial charge < -0.3 is 20.1 Å². The van der Waals surface area contributed by atoms with Gasteiger partial charge >= 0.3 is 12.2 Å². The van der Waals surface area contributed by atoms with Crippen LogP contribution >= 0.6 is 0 Å². The number of nitrogens with zero attached hydrogens (tertiary/aromatic N) is 5. The second-order valence-electron chi connectivity index (χ2n) is 11.5. The summed E-state index contributed by atoms with van der Waals surface area (Å²) in [5.41, 5.74) is -3.36. The molecule has 0 spiro atoms. The van der Waals surface area contributed by atoms with Crippen LogP contribution in [0.15, 0.2) is 24.4 Å². The Kier molecular flexibility index (Phi) is 5.96. The Morgan fingerprint density at radius 2 is 2.07 bits per heavy atom. The van der Waals surface area contributed by atoms with Crippen LogP contribution in [0.3, 0.4) is 0 Å². The Balaban J connectivity index is 1.34. The topological polar surface area (TPSA) is 86.6 Å². The average molecular weight is 578 g/mol. The van der Waals surface area contributed by atoms with Gasteiger partial charge in [-0.15, -0.1) is 0 Å². The second-order valence-corrected chi connectivity index (χ2v) is 11.5. The van der Waals surface area contributed by atoms with Crippen molar-refractivity contribution in [2.75, 3.05) is 37.7 Å². The number of ether oxygens (including phenoxy) is 1. The molecule has 41 heavy (non-hydrogen) atoms. The number of piperidine rings is 2. The van der Waals surface area contributed by atoms with Gasteiger partial charge in [-0.25, -0.2) is 8.78 Å². The number of hydrogen-bond donors (Lipinski definition) is 2. The average Bonchev–Trinajstić information content (AvgIpc) is 3.43. The molecule has 3 aromatic rings. The number of fused-ring (bicyclic) bond motifs is 5. The number of piperazine rings is 1. The van der Waals surface area contributed by atoms with Gasteiger partial charge in [0.25, 0.3) is 0 Å². The van der Waals surface area contributed by atoms with Crippen molar-refractivity contribution in [1.82, 2.24) is 25.2 Å². The molecule has 5 aliphatic rings. The Morgan fingerprint density at radius 1 is 1.22 bits per heavy atom. The van der Waals surface area contributed by atoms with E-state index in [9.17, 15) is 22.7 Å². The van der Waals surface area contributed by atoms with Crippen molar-refractivity contribution in [2.24, 2.45) is 0 Å². The number of nitrogens with one attached hydrogen (secondary N) is 1. The molecule has 0 saturated carbocycles. The maximum absolute atomic E-state index is 16.3. The third-order valence-electron chi connectivity index (χ3n) is 8.92. The molecular weight excluding hydrogens is 547 g/mol. The zero-order valence-corrected chi connectivity index (χ0v) is 22.0. The first-order valence-corrected chi connectivity index (χ1v) is 13.8. The van der Waals surface area contributed by atoms with Crippen molar-refractivity contribution in [3.05, 3.63) is 35.8 Å². The number of halogens is 5. The first-order chi connectivity index (χ1) is 19.9. The standard InChI is InChI=1S/C28H29F5N6O2/c29-15-9-27(6-1-7-38(27)12-15)14-41-26-36-24-20(25(37-26)39-13-16-2-3-17(39)10-34-16)11-35-23(22(24)30)19-8-18(40)4-5-21(19)28(31,32)33/h4-5,8,11,15-17,34,40H,1-3,6-7,9-10,12-14H2/t15-,16?,17?,27+/m1/s1/i15D. The van der Waals surface area contributed by atoms with Crippen molar-refractivity contribution in [2.45, 2.75) is 62.1 Å². The zero-order chi connectivity index (χ0) is 29.4. The van der Waals surface area contributed by atoms with Gasteiger partial charge in [0.1, 0.15) is 35.5 Å². The normalized spacial score (nSPS) is 30.2. The third kappa shape index (κ3) is 4.53. The molecule has 2 aromatic heterocycles. The van der Waals surface area contributed by atoms with Gasteiger partial charge in [-0.1, -0.05) is 0 Å². The van der Waals surface area contributed by atoms with Gasteiger partial charge in [0.05, 0.1) is 17.9 Å². The van der Waals surface area contributed by atoms with Crippen LogP contribution in [0.4, 0.5) is 27.8 Å². The van der Waals surface area contributed by atoms with Gasteiger partial charge in [0, 0.05) is 49.9 Å². The Morgan fingerprint density at radius 3 is 2.80 bits per heavy atom. The quantitative estimate of drug-likeness (QED) is 0.431. The number of rotatable bonds is 5. The van der Waals surface area contributed by atoms with E-state index < -0.39 is 46.3 Å². The highest BCUT2D eigenvalue weighted by Crippen LogP contribution is 2.43. The number of pyridine rings is 1. The fourth-order valence-corrected chi connectivity index (χ4v) is 6.91. The lowest BCUT2D eigenvalue weighted by atomic mass is 9.93. The highest BCUT2D eigenvalue weighted by molar-refractivity contribution is 5.92. The number of hydrogen-bond acceptors (Lipinski definition) is 8. The number of alkyl halides is 4. The SMILES string of the molecule is [2H][C@]1(F)CN2CCC[C@@]2(COc2nc(N3CC4CCC3CN4)c3cnc(-c4cc(O)ccc4C(F)(F)F)c(F)c3n2)C1. The molecule has 4 atom stereocenters. The minimum atomic E-state index is -4.82. The van der Waals surface area contributed by atoms with Crippen LogP contribution in [0.1, 0.15) is 39.0 Å². The summed E-state index contributed by atoms with van der Waals surface area (Å²) in [5.74, 6) is -1.21. The molecule has 0 aliphatic carbocycles. The van der Waals surface area contributed by atoms with Crippen LogP contribution in [0, 0.1) is 5.82 Å². The predicted octanol–water partition coefficient (Wildman–Crippen LogP) is 4.45. The largest absolute Gasteiger partial charge is 0.508 e. The second kappa shape index (κ2) is 9.62. The van der Waals surface area contributed by atoms with Crippen LogP contribution < -0.4 is 15.0 Å². The number of benzene rings is 1. The first kappa shape index (κ1) is 25.4. The van der Waals surface area contributed by atoms with Gasteiger partial charge in [-0.2, -0.15) is 23.1 Å². The lowest BCUT2D eigenvalue weighted by Crippen LogP contribution is -2.61. The lowest BCUT2D eigenvalue weighted by Gasteiger charge is -2.46. The number of aromatic hydroxyl groups is 1. The Hall–Kier alpha value is -3.32. The van der Waals surface area contributed by atoms with Crippen molar-refractivity contribution >= 4 is 16.7 Å². The van der Waals surface area contributed by atoms with Crippen LogP contribution in [0.2, 0.25) is 0 Å². The molecular formula is C28H29F5N6O2. The molecule has 0 amide bonds. The molecule has 2 bridgehead atoms. The smallest absolute Gasteiger partial charge is 0.417 e. The van der Waals surface area contributed by atoms with Crippen LogP contribution in [-0.4, -0.2) is 81.5 Å². The van der Waals surface area contributed by atoms with E-state index in [4.69, 9.17) is 6.11 Å². The summed E-state index contributed by atoms with van der Waals surface area (Å²) < 4.78 is 86.5. The van der Waals surface area contributed by atoms with Crippen molar-refractivity contribution in [3.63, 3.8) is 0 Å². The molecule has 8 rings (SSSR count). The van der Waals surface area contributed by atoms with E-state index in [1.807, 2.05) is 9.80 Å². The highest BCUT2D eigenvalue weighted by atomic mass is 19.4. The van der Waals surface area contributed by atoms with Crippen LogP contribution in [-0.2, 0) is 6.18 Å². The number of phenolic OH excluding ortho intramolecular Hbond substituents is 1. The van der Waals surface area contributed by atoms with Crippen molar-refractivity contribution < 1.29 is 33.2 Å². The molecule has 2 unspecified atom stereocenters. The van der Waals surface area contributed by atoms with E-state index in [1.54, 1.807) is 0 Å². The van der Waals surface area contributed by atoms with E-state index in [-0.39, 0.29) is 48.6 Å². The molecule has 0 radical (unpaired) electrons. The van der Waals surface area contributed by atoms with Gasteiger partial charge in [0.15, 0.2) is 5.82 Å². The molecule has 218 valence electrons. The first-order valence-electron chi connectivity index (χ1n) is 14.3. The highest BCUT2D eigenvalue weighted by Gasteiger charge is 2.49. The Labute approximate surface area is 233 Å². The van der Waals surface area contributed by atoms with Crippen molar-refractivity contribution in [1.29, 1.82) is 0 Å². The minimum absolute atomic E-state index is 0.0134. The van der Waals surface area contributed by atoms with E-state index in [2.05, 4.69) is 20.3 Å². The lowest BCUT2D eigenvalue weighted by molar-refractivity contribution is -0.137. The zero-order valence-electron chi connectivity index (χ0n) is 23.0. The molecule has 2 N–H and O–H groups in total. The number of phenols is 1. The summed E-state index contributed by atoms with van der Waals surface area (Å²) in [4.78, 5) is 17.0. The van der Waals surface area contributed by atoms with Gasteiger partial charge in [-0.05, 0) is 50.4 Å². The molecule has 5 saturated heterocycles. The van der Waals surface area contributed by atoms with Crippen LogP contribution in [0.25, 0.3) is 22.2 Å². The Bertz CT molecular complexity index is 1550. The van der Waals surface area contributed by atoms with Gasteiger partial charge in [-0.3, -0.25) is 9.88 Å². The van der Waals surface area contributed by atoms with E-state index in [0.717, 1.165) is 31.4 Å². The van der Waals surface area contributed by atoms with E-state index >= 15 is 4.39 Å². The monoisotopic (exact) mass is 577 g/mol. The summed E-state index contributed by atoms with van der Waals surface area (Å²) in [6.07, 6.45) is -2.41. The maximum atomic E-state index is 16.3. The summed E-state index contributed by atoms with van der Waals surface area (Å²) in [6.45, 7) is 1.88. The molecule has 8 nitrogen and oxygen atoms in total. The van der Waals surface area contributed by atoms with Crippen molar-refractivity contribution in [3.8, 4) is 23.0 Å². The summed E-state index contributed by atoms with van der Waals surface area (Å²) >= 11 is 0. The van der Waals surface area contributed by atoms with Crippen LogP contribution in [0.5, 0.6) is 11.8 Å². The molecule has 1 aromatic carbocycles. The molecule has 5 fully saturated rings. The summed E-state index contributed by atoms with van der Waals surface area (Å²) in [7, 11) is 0. The summed E-state index contributed by atoms with van der Waals surface area (Å²) in [5, 5.41) is 13.6. The number of aromatic nitrogens is 3. The fourth-order valence-electron chi connectivity index (χ4n) is 6.91. The van der Waals surface area contributed by atoms with Gasteiger partial charge in [0.2, 0.25) is 0 Å². The molecule has 5 aliphatic heterocycles. The number of anilines is 1. The van der Waals surface area contributed by atoms with E-state index in [1.165, 1.54) is 6.20 Å². The molecule has 7 heterocycles. The minimum Gasteiger partial charge on any atom is -0.508 e. The third-order valence-corrected chi connectivity index (χ3v) is 8.92. The molecule has 13 heteroatoms. The predicted molar refractivity (Wildman–Crippen MR) is 140 cm³/mol. The maximum Gasteiger partial charge on any atom is 0.417 e. The summed E-state index contributed by atoms with van der Waals surface area (Å²) in [6, 6.07) is 2.46.